The van der Waals surface area contributed by atoms with Crippen molar-refractivity contribution in [1.29, 1.82) is 0 Å². The van der Waals surface area contributed by atoms with Crippen LogP contribution in [0, 0.1) is 41.4 Å². The Morgan fingerprint density at radius 1 is 0.361 bits per heavy atom. The summed E-state index contributed by atoms with van der Waals surface area (Å²) in [6.45, 7) is 21.6. The minimum Gasteiger partial charge on any atom is -0.463 e. The Kier molecular flexibility index (Phi) is 20.5. The smallest absolute Gasteiger partial charge is 0.308 e. The fourth-order valence-corrected chi connectivity index (χ4v) is 5.38. The third-order valence-electron chi connectivity index (χ3n) is 9.09. The lowest BCUT2D eigenvalue weighted by Gasteiger charge is -2.48. The molecule has 0 amide bonds. The van der Waals surface area contributed by atoms with E-state index in [0.29, 0.717) is 0 Å². The van der Waals surface area contributed by atoms with E-state index >= 15 is 0 Å². The Balaban J connectivity index is 2.96. The number of carbonyl (C=O) groups is 8. The van der Waals surface area contributed by atoms with Crippen molar-refractivity contribution in [2.45, 2.75) is 165 Å². The monoisotopic (exact) mass is 874 g/mol. The second-order valence-electron chi connectivity index (χ2n) is 17.1. The van der Waals surface area contributed by atoms with Crippen molar-refractivity contribution in [1.82, 2.24) is 0 Å². The molecule has 2 aliphatic rings. The molecule has 10 atom stereocenters. The van der Waals surface area contributed by atoms with Gasteiger partial charge in [-0.1, -0.05) is 96.9 Å². The molecule has 0 N–H and O–H groups in total. The van der Waals surface area contributed by atoms with E-state index < -0.39 is 164 Å². The first-order chi connectivity index (χ1) is 28.3. The Morgan fingerprint density at radius 2 is 0.607 bits per heavy atom. The van der Waals surface area contributed by atoms with Crippen molar-refractivity contribution >= 4 is 47.8 Å². The minimum atomic E-state index is -1.89. The van der Waals surface area contributed by atoms with E-state index in [1.807, 2.05) is 0 Å². The summed E-state index contributed by atoms with van der Waals surface area (Å²) >= 11 is 0. The van der Waals surface area contributed by atoms with Gasteiger partial charge in [0.2, 0.25) is 12.6 Å². The fraction of sp³-hybridized carbons (Fsp3) is 0.810. The van der Waals surface area contributed by atoms with E-state index in [9.17, 15) is 38.4 Å². The zero-order valence-corrected chi connectivity index (χ0v) is 38.0. The highest BCUT2D eigenvalue weighted by Gasteiger charge is 2.58. The van der Waals surface area contributed by atoms with Crippen molar-refractivity contribution in [3.05, 3.63) is 0 Å². The number of carbonyl (C=O) groups excluding carboxylic acids is 8. The van der Waals surface area contributed by atoms with Crippen molar-refractivity contribution in [3.63, 3.8) is 0 Å². The van der Waals surface area contributed by atoms with Gasteiger partial charge < -0.3 is 52.1 Å². The van der Waals surface area contributed by atoms with Crippen LogP contribution in [0.5, 0.6) is 0 Å². The summed E-state index contributed by atoms with van der Waals surface area (Å²) in [6.07, 6.45) is -16.8. The highest BCUT2D eigenvalue weighted by atomic mass is 16.8. The van der Waals surface area contributed by atoms with Gasteiger partial charge in [-0.2, -0.15) is 0 Å². The van der Waals surface area contributed by atoms with Crippen LogP contribution in [0.15, 0.2) is 0 Å². The van der Waals surface area contributed by atoms with E-state index in [0.717, 1.165) is 6.92 Å². The standard InChI is InChI=1S/C42H66O19/c1-18(2)34(44)51-16-26-28(53-25(15)43)30(57-37(47)21(7)8)32(59-39(49)23(11)12)41(54-26)61-42-33(60-40(50)24(13)14)31(58-38(48)22(9)10)29(56-36(46)20(5)6)27(55-42)17-52-35(45)19(3)4/h18-24,26-33,41-42H,16-17H2,1-15H3/t26?,27-,28?,29?,30?,31?,32?,33?,41?,42+/m1/s1. The number of hydrogen-bond donors (Lipinski definition) is 0. The van der Waals surface area contributed by atoms with E-state index in [4.69, 9.17) is 52.1 Å². The Morgan fingerprint density at radius 3 is 0.869 bits per heavy atom. The lowest BCUT2D eigenvalue weighted by atomic mass is 9.96. The van der Waals surface area contributed by atoms with Crippen LogP contribution in [-0.4, -0.2) is 122 Å². The number of esters is 8. The highest BCUT2D eigenvalue weighted by molar-refractivity contribution is 5.75. The lowest BCUT2D eigenvalue weighted by molar-refractivity contribution is -0.378. The van der Waals surface area contributed by atoms with Gasteiger partial charge in [0.25, 0.3) is 0 Å². The molecule has 19 heteroatoms. The van der Waals surface area contributed by atoms with Gasteiger partial charge in [0.05, 0.1) is 41.4 Å². The van der Waals surface area contributed by atoms with Crippen molar-refractivity contribution in [2.24, 2.45) is 41.4 Å². The molecule has 0 saturated carbocycles. The first-order valence-corrected chi connectivity index (χ1v) is 20.8. The number of rotatable bonds is 19. The van der Waals surface area contributed by atoms with Gasteiger partial charge in [0, 0.05) is 6.92 Å². The predicted octanol–water partition coefficient (Wildman–Crippen LogP) is 3.62. The molecule has 2 saturated heterocycles. The molecule has 2 fully saturated rings. The first kappa shape index (κ1) is 52.8. The van der Waals surface area contributed by atoms with Gasteiger partial charge in [-0.25, -0.2) is 0 Å². The molecule has 348 valence electrons. The Labute approximate surface area is 357 Å². The maximum Gasteiger partial charge on any atom is 0.308 e. The molecule has 0 aliphatic carbocycles. The molecule has 61 heavy (non-hydrogen) atoms. The van der Waals surface area contributed by atoms with Crippen LogP contribution in [0.2, 0.25) is 0 Å². The van der Waals surface area contributed by atoms with Gasteiger partial charge >= 0.3 is 47.8 Å². The predicted molar refractivity (Wildman–Crippen MR) is 209 cm³/mol. The summed E-state index contributed by atoms with van der Waals surface area (Å²) in [7, 11) is 0. The normalized spacial score (nSPS) is 26.6. The third kappa shape index (κ3) is 15.5. The first-order valence-electron chi connectivity index (χ1n) is 20.8. The second-order valence-corrected chi connectivity index (χ2v) is 17.1. The average molecular weight is 875 g/mol. The SMILES string of the molecule is CC(=O)OC1C(COC(=O)C(C)C)OC(O[C@@H]2O[C@H](COC(=O)C(C)C)C(OC(=O)C(C)C)C(OC(=O)C(C)C)C2OC(=O)C(C)C)C(OC(=O)C(C)C)C1OC(=O)C(C)C. The Bertz CT molecular complexity index is 1530. The molecule has 2 rings (SSSR count). The summed E-state index contributed by atoms with van der Waals surface area (Å²) < 4.78 is 65.1. The van der Waals surface area contributed by atoms with E-state index in [-0.39, 0.29) is 0 Å². The molecular formula is C42H66O19. The summed E-state index contributed by atoms with van der Waals surface area (Å²) in [5.41, 5.74) is 0. The number of hydrogen-bond acceptors (Lipinski definition) is 19. The van der Waals surface area contributed by atoms with Crippen LogP contribution in [0.4, 0.5) is 0 Å². The molecule has 19 nitrogen and oxygen atoms in total. The van der Waals surface area contributed by atoms with E-state index in [1.165, 1.54) is 55.4 Å². The van der Waals surface area contributed by atoms with Crippen LogP contribution >= 0.6 is 0 Å². The molecule has 0 aromatic carbocycles. The van der Waals surface area contributed by atoms with Crippen LogP contribution in [-0.2, 0) is 90.5 Å². The largest absolute Gasteiger partial charge is 0.463 e. The molecule has 2 heterocycles. The molecule has 2 aliphatic heterocycles. The van der Waals surface area contributed by atoms with Crippen molar-refractivity contribution < 1.29 is 90.5 Å². The summed E-state index contributed by atoms with van der Waals surface area (Å²) in [5, 5.41) is 0. The quantitative estimate of drug-likeness (QED) is 0.133. The van der Waals surface area contributed by atoms with Crippen LogP contribution in [0.3, 0.4) is 0 Å². The van der Waals surface area contributed by atoms with Gasteiger partial charge in [0.1, 0.15) is 25.4 Å². The summed E-state index contributed by atoms with van der Waals surface area (Å²) in [4.78, 5) is 105. The minimum absolute atomic E-state index is 0.595. The number of ether oxygens (including phenoxy) is 11. The van der Waals surface area contributed by atoms with Gasteiger partial charge in [0.15, 0.2) is 36.6 Å². The molecule has 0 radical (unpaired) electrons. The summed E-state index contributed by atoms with van der Waals surface area (Å²) in [6, 6.07) is 0. The summed E-state index contributed by atoms with van der Waals surface area (Å²) in [5.74, 6) is -11.3. The van der Waals surface area contributed by atoms with Crippen molar-refractivity contribution in [3.8, 4) is 0 Å². The molecule has 0 aromatic heterocycles. The van der Waals surface area contributed by atoms with Crippen LogP contribution in [0.1, 0.15) is 104 Å². The highest BCUT2D eigenvalue weighted by Crippen LogP contribution is 2.36. The van der Waals surface area contributed by atoms with Gasteiger partial charge in [-0.15, -0.1) is 0 Å². The zero-order chi connectivity index (χ0) is 46.6. The van der Waals surface area contributed by atoms with Crippen LogP contribution in [0.25, 0.3) is 0 Å². The second kappa shape index (κ2) is 23.7. The topological polar surface area (TPSA) is 238 Å². The third-order valence-corrected chi connectivity index (χ3v) is 9.09. The molecular weight excluding hydrogens is 808 g/mol. The van der Waals surface area contributed by atoms with Gasteiger partial charge in [-0.3, -0.25) is 38.4 Å². The molecule has 0 spiro atoms. The maximum atomic E-state index is 13.4. The fourth-order valence-electron chi connectivity index (χ4n) is 5.38. The maximum absolute atomic E-state index is 13.4. The van der Waals surface area contributed by atoms with Crippen LogP contribution < -0.4 is 0 Å². The van der Waals surface area contributed by atoms with Crippen molar-refractivity contribution in [2.75, 3.05) is 13.2 Å². The average Bonchev–Trinajstić information content (AvgIpc) is 3.16. The molecule has 0 aromatic rings. The lowest BCUT2D eigenvalue weighted by Crippen LogP contribution is -2.67. The zero-order valence-electron chi connectivity index (χ0n) is 38.0. The van der Waals surface area contributed by atoms with Gasteiger partial charge in [-0.05, 0) is 0 Å². The molecule has 0 bridgehead atoms. The van der Waals surface area contributed by atoms with E-state index in [2.05, 4.69) is 0 Å². The Hall–Kier alpha value is -4.36. The van der Waals surface area contributed by atoms with E-state index in [1.54, 1.807) is 41.5 Å². The molecule has 8 unspecified atom stereocenters.